The molecule has 0 N–H and O–H groups in total. The van der Waals surface area contributed by atoms with Crippen LogP contribution in [0.25, 0.3) is 0 Å². The summed E-state index contributed by atoms with van der Waals surface area (Å²) in [6, 6.07) is 2.77. The molecule has 0 saturated heterocycles. The van der Waals surface area contributed by atoms with Crippen molar-refractivity contribution in [1.82, 2.24) is 0 Å². The first kappa shape index (κ1) is 11.5. The fraction of sp³-hybridized carbons (Fsp3) is 0.400. The van der Waals surface area contributed by atoms with Gasteiger partial charge >= 0.3 is 0 Å². The van der Waals surface area contributed by atoms with Crippen LogP contribution in [0.1, 0.15) is 12.8 Å². The average molecular weight is 314 g/mol. The van der Waals surface area contributed by atoms with E-state index < -0.39 is 0 Å². The minimum absolute atomic E-state index is 0.0607. The summed E-state index contributed by atoms with van der Waals surface area (Å²) in [5, 5.41) is 0.579. The van der Waals surface area contributed by atoms with Crippen molar-refractivity contribution in [1.29, 1.82) is 0 Å². The molecule has 0 amide bonds. The summed E-state index contributed by atoms with van der Waals surface area (Å²) in [6.45, 7) is 0. The molecule has 1 aromatic rings. The molecular formula is C10H8BrCl2FO. The van der Waals surface area contributed by atoms with E-state index in [9.17, 15) is 4.39 Å². The smallest absolute Gasteiger partial charge is 0.141 e. The van der Waals surface area contributed by atoms with E-state index in [1.165, 1.54) is 12.1 Å². The number of alkyl halides is 1. The van der Waals surface area contributed by atoms with Crippen LogP contribution >= 0.6 is 39.1 Å². The highest BCUT2D eigenvalue weighted by Gasteiger charge is 2.29. The van der Waals surface area contributed by atoms with Crippen LogP contribution in [0.4, 0.5) is 4.39 Å². The van der Waals surface area contributed by atoms with Crippen LogP contribution in [0.5, 0.6) is 5.75 Å². The summed E-state index contributed by atoms with van der Waals surface area (Å²) in [5.41, 5.74) is 0. The lowest BCUT2D eigenvalue weighted by Crippen LogP contribution is -2.34. The molecular weight excluding hydrogens is 306 g/mol. The number of halogens is 4. The fourth-order valence-electron chi connectivity index (χ4n) is 1.37. The van der Waals surface area contributed by atoms with E-state index in [-0.39, 0.29) is 17.3 Å². The molecule has 1 fully saturated rings. The molecule has 1 nitrogen and oxygen atoms in total. The van der Waals surface area contributed by atoms with E-state index in [0.29, 0.717) is 15.2 Å². The Kier molecular flexibility index (Phi) is 3.43. The van der Waals surface area contributed by atoms with Crippen molar-refractivity contribution in [2.24, 2.45) is 0 Å². The molecule has 82 valence electrons. The molecule has 0 aliphatic heterocycles. The van der Waals surface area contributed by atoms with Crippen molar-refractivity contribution in [3.8, 4) is 5.75 Å². The van der Waals surface area contributed by atoms with Gasteiger partial charge in [0.05, 0.1) is 9.50 Å². The monoisotopic (exact) mass is 312 g/mol. The molecule has 0 aromatic heterocycles. The number of rotatable bonds is 2. The van der Waals surface area contributed by atoms with Gasteiger partial charge in [-0.1, -0.05) is 11.6 Å². The van der Waals surface area contributed by atoms with Gasteiger partial charge in [0.2, 0.25) is 0 Å². The van der Waals surface area contributed by atoms with Gasteiger partial charge in [-0.15, -0.1) is 11.6 Å². The predicted octanol–water partition coefficient (Wildman–Crippen LogP) is 4.39. The lowest BCUT2D eigenvalue weighted by molar-refractivity contribution is 0.124. The molecule has 0 unspecified atom stereocenters. The molecule has 15 heavy (non-hydrogen) atoms. The average Bonchev–Trinajstić information content (AvgIpc) is 2.11. The number of benzene rings is 1. The predicted molar refractivity (Wildman–Crippen MR) is 62.4 cm³/mol. The van der Waals surface area contributed by atoms with Crippen LogP contribution in [-0.4, -0.2) is 11.5 Å². The second-order valence-corrected chi connectivity index (χ2v) is 5.38. The van der Waals surface area contributed by atoms with Crippen LogP contribution < -0.4 is 4.74 Å². The van der Waals surface area contributed by atoms with Gasteiger partial charge in [-0.3, -0.25) is 0 Å². The lowest BCUT2D eigenvalue weighted by atomic mass is 9.95. The Balaban J connectivity index is 2.11. The zero-order valence-electron chi connectivity index (χ0n) is 7.64. The minimum Gasteiger partial charge on any atom is -0.489 e. The highest BCUT2D eigenvalue weighted by Crippen LogP contribution is 2.35. The van der Waals surface area contributed by atoms with E-state index >= 15 is 0 Å². The van der Waals surface area contributed by atoms with Gasteiger partial charge in [0.15, 0.2) is 0 Å². The van der Waals surface area contributed by atoms with Gasteiger partial charge in [-0.2, -0.15) is 0 Å². The molecule has 1 saturated carbocycles. The van der Waals surface area contributed by atoms with E-state index in [4.69, 9.17) is 27.9 Å². The van der Waals surface area contributed by atoms with E-state index in [1.807, 2.05) is 0 Å². The van der Waals surface area contributed by atoms with Gasteiger partial charge in [0, 0.05) is 24.3 Å². The Labute approximate surface area is 106 Å². The fourth-order valence-corrected chi connectivity index (χ4v) is 2.45. The summed E-state index contributed by atoms with van der Waals surface area (Å²) in [7, 11) is 0. The quantitative estimate of drug-likeness (QED) is 0.581. The third kappa shape index (κ3) is 2.58. The van der Waals surface area contributed by atoms with Crippen LogP contribution in [0, 0.1) is 5.82 Å². The molecule has 1 aliphatic carbocycles. The number of hydrogen-bond donors (Lipinski definition) is 0. The minimum atomic E-state index is -0.379. The maximum Gasteiger partial charge on any atom is 0.141 e. The zero-order chi connectivity index (χ0) is 11.0. The first-order valence-electron chi connectivity index (χ1n) is 4.51. The Hall–Kier alpha value is 0.01000. The van der Waals surface area contributed by atoms with Gasteiger partial charge in [0.25, 0.3) is 0 Å². The number of ether oxygens (including phenoxy) is 1. The van der Waals surface area contributed by atoms with Crippen molar-refractivity contribution in [3.05, 3.63) is 27.4 Å². The molecule has 0 spiro atoms. The lowest BCUT2D eigenvalue weighted by Gasteiger charge is -2.31. The molecule has 0 radical (unpaired) electrons. The molecule has 0 heterocycles. The van der Waals surface area contributed by atoms with Crippen molar-refractivity contribution in [2.75, 3.05) is 0 Å². The van der Waals surface area contributed by atoms with Crippen LogP contribution in [0.2, 0.25) is 5.02 Å². The van der Waals surface area contributed by atoms with Gasteiger partial charge in [-0.25, -0.2) is 4.39 Å². The van der Waals surface area contributed by atoms with Crippen LogP contribution in [0.15, 0.2) is 16.6 Å². The largest absolute Gasteiger partial charge is 0.489 e. The Morgan fingerprint density at radius 3 is 2.67 bits per heavy atom. The third-order valence-electron chi connectivity index (χ3n) is 2.31. The molecule has 2 rings (SSSR count). The summed E-state index contributed by atoms with van der Waals surface area (Å²) in [5.74, 6) is 0.00193. The second kappa shape index (κ2) is 4.48. The molecule has 1 aliphatic rings. The van der Waals surface area contributed by atoms with E-state index in [0.717, 1.165) is 12.8 Å². The summed E-state index contributed by atoms with van der Waals surface area (Å²) in [6.07, 6.45) is 1.64. The summed E-state index contributed by atoms with van der Waals surface area (Å²) < 4.78 is 19.0. The second-order valence-electron chi connectivity index (χ2n) is 3.51. The Morgan fingerprint density at radius 1 is 1.40 bits per heavy atom. The standard InChI is InChI=1S/C10H8BrCl2FO/c11-7-3-8(13)10(4-9(7)14)15-6-1-5(12)2-6/h3-6H,1-2H2. The number of hydrogen-bond acceptors (Lipinski definition) is 1. The summed E-state index contributed by atoms with van der Waals surface area (Å²) >= 11 is 14.8. The summed E-state index contributed by atoms with van der Waals surface area (Å²) in [4.78, 5) is 0. The SMILES string of the molecule is Fc1cc(OC2CC(Cl)C2)c(Cl)cc1Br. The third-order valence-corrected chi connectivity index (χ3v) is 3.57. The normalized spacial score (nSPS) is 24.8. The van der Waals surface area contributed by atoms with Crippen molar-refractivity contribution in [3.63, 3.8) is 0 Å². The maximum absolute atomic E-state index is 13.2. The van der Waals surface area contributed by atoms with Gasteiger partial charge in [-0.05, 0) is 22.0 Å². The topological polar surface area (TPSA) is 9.23 Å². The van der Waals surface area contributed by atoms with Gasteiger partial charge < -0.3 is 4.74 Å². The van der Waals surface area contributed by atoms with Crippen molar-refractivity contribution >= 4 is 39.1 Å². The van der Waals surface area contributed by atoms with Crippen LogP contribution in [-0.2, 0) is 0 Å². The van der Waals surface area contributed by atoms with Crippen molar-refractivity contribution < 1.29 is 9.13 Å². The molecule has 0 bridgehead atoms. The van der Waals surface area contributed by atoms with E-state index in [2.05, 4.69) is 15.9 Å². The van der Waals surface area contributed by atoms with Crippen molar-refractivity contribution in [2.45, 2.75) is 24.3 Å². The first-order chi connectivity index (χ1) is 7.06. The molecule has 1 aromatic carbocycles. The molecule has 0 atom stereocenters. The van der Waals surface area contributed by atoms with Crippen LogP contribution in [0.3, 0.4) is 0 Å². The molecule has 5 heteroatoms. The zero-order valence-corrected chi connectivity index (χ0v) is 10.7. The Morgan fingerprint density at radius 2 is 2.07 bits per heavy atom. The Bertz CT molecular complexity index is 380. The van der Waals surface area contributed by atoms with Gasteiger partial charge in [0.1, 0.15) is 17.7 Å². The highest BCUT2D eigenvalue weighted by molar-refractivity contribution is 9.10. The maximum atomic E-state index is 13.2. The highest BCUT2D eigenvalue weighted by atomic mass is 79.9. The first-order valence-corrected chi connectivity index (χ1v) is 6.12. The van der Waals surface area contributed by atoms with E-state index in [1.54, 1.807) is 0 Å².